The Bertz CT molecular complexity index is 401. The molecule has 0 N–H and O–H groups in total. The van der Waals surface area contributed by atoms with Crippen molar-refractivity contribution in [2.24, 2.45) is 0 Å². The van der Waals surface area contributed by atoms with Crippen LogP contribution in [0.5, 0.6) is 0 Å². The zero-order valence-electron chi connectivity index (χ0n) is 18.6. The highest BCUT2D eigenvalue weighted by atomic mass is 17.0. The minimum Gasteiger partial charge on any atom is -0.373 e. The summed E-state index contributed by atoms with van der Waals surface area (Å²) in [5.41, 5.74) is 0. The summed E-state index contributed by atoms with van der Waals surface area (Å²) in [7, 11) is 3.19. The summed E-state index contributed by atoms with van der Waals surface area (Å²) in [5.74, 6) is -3.12. The van der Waals surface area contributed by atoms with Gasteiger partial charge in [-0.3, -0.25) is 4.74 Å². The Labute approximate surface area is 174 Å². The molecule has 0 radical (unpaired) electrons. The van der Waals surface area contributed by atoms with E-state index in [0.29, 0.717) is 52.5 Å². The van der Waals surface area contributed by atoms with Gasteiger partial charge in [-0.25, -0.2) is 0 Å². The fourth-order valence-corrected chi connectivity index (χ4v) is 3.36. The predicted molar refractivity (Wildman–Crippen MR) is 103 cm³/mol. The Morgan fingerprint density at radius 3 is 1.21 bits per heavy atom. The van der Waals surface area contributed by atoms with Crippen LogP contribution in [0.4, 0.5) is 0 Å². The van der Waals surface area contributed by atoms with Gasteiger partial charge in [0, 0.05) is 53.5 Å². The van der Waals surface area contributed by atoms with Crippen LogP contribution < -0.4 is 0 Å². The lowest BCUT2D eigenvalue weighted by Crippen LogP contribution is -2.62. The number of methoxy groups -OCH3 is 2. The van der Waals surface area contributed by atoms with E-state index in [-0.39, 0.29) is 12.2 Å². The Morgan fingerprint density at radius 2 is 1.00 bits per heavy atom. The van der Waals surface area contributed by atoms with Gasteiger partial charge in [-0.15, -0.1) is 0 Å². The van der Waals surface area contributed by atoms with Gasteiger partial charge in [0.25, 0.3) is 0 Å². The quantitative estimate of drug-likeness (QED) is 0.243. The summed E-state index contributed by atoms with van der Waals surface area (Å²) >= 11 is 0. The molecule has 0 saturated carbocycles. The van der Waals surface area contributed by atoms with Crippen LogP contribution in [0.3, 0.4) is 0 Å². The van der Waals surface area contributed by atoms with E-state index >= 15 is 0 Å². The van der Waals surface area contributed by atoms with Gasteiger partial charge in [-0.05, 0) is 27.7 Å². The summed E-state index contributed by atoms with van der Waals surface area (Å²) in [6, 6.07) is 0. The lowest BCUT2D eigenvalue weighted by Gasteiger charge is -2.46. The third kappa shape index (κ3) is 6.81. The molecule has 2 heterocycles. The van der Waals surface area contributed by atoms with E-state index in [1.807, 2.05) is 27.7 Å². The molecule has 2 aliphatic heterocycles. The highest BCUT2D eigenvalue weighted by Gasteiger charge is 2.57. The van der Waals surface area contributed by atoms with Crippen molar-refractivity contribution in [3.63, 3.8) is 0 Å². The van der Waals surface area contributed by atoms with Gasteiger partial charge in [0.2, 0.25) is 0 Å². The Morgan fingerprint density at radius 1 is 0.690 bits per heavy atom. The Kier molecular flexibility index (Phi) is 10.2. The van der Waals surface area contributed by atoms with E-state index < -0.39 is 24.2 Å². The van der Waals surface area contributed by atoms with Crippen LogP contribution >= 0.6 is 0 Å². The van der Waals surface area contributed by atoms with Crippen molar-refractivity contribution < 1.29 is 42.6 Å². The van der Waals surface area contributed by atoms with Gasteiger partial charge in [-0.2, -0.15) is 0 Å². The van der Waals surface area contributed by atoms with Crippen LogP contribution in [0.25, 0.3) is 0 Å². The molecule has 2 fully saturated rings. The molecule has 0 spiro atoms. The largest absolute Gasteiger partial charge is 0.373 e. The molecular formula is C20H38O9. The Balaban J connectivity index is 2.38. The van der Waals surface area contributed by atoms with E-state index in [9.17, 15) is 0 Å². The second-order valence-corrected chi connectivity index (χ2v) is 6.87. The molecule has 2 aliphatic rings. The first-order chi connectivity index (χ1) is 14.0. The zero-order chi connectivity index (χ0) is 21.3. The molecule has 4 unspecified atom stereocenters. The number of epoxide rings is 2. The molecule has 2 saturated heterocycles. The van der Waals surface area contributed by atoms with E-state index in [1.54, 1.807) is 14.2 Å². The number of hydrogen-bond donors (Lipinski definition) is 0. The van der Waals surface area contributed by atoms with Crippen LogP contribution in [0.15, 0.2) is 0 Å². The summed E-state index contributed by atoms with van der Waals surface area (Å²) in [4.78, 5) is 0. The average Bonchev–Trinajstić information content (AvgIpc) is 3.60. The van der Waals surface area contributed by atoms with E-state index in [2.05, 4.69) is 0 Å². The molecule has 0 aliphatic carbocycles. The van der Waals surface area contributed by atoms with Gasteiger partial charge < -0.3 is 37.9 Å². The van der Waals surface area contributed by atoms with Gasteiger partial charge in [0.15, 0.2) is 0 Å². The molecule has 0 aromatic heterocycles. The molecule has 0 amide bonds. The van der Waals surface area contributed by atoms with Crippen LogP contribution in [-0.4, -0.2) is 90.2 Å². The fraction of sp³-hybridized carbons (Fsp3) is 1.00. The molecule has 9 heteroatoms. The van der Waals surface area contributed by atoms with Crippen molar-refractivity contribution in [3.05, 3.63) is 0 Å². The standard InChI is InChI=1S/C20H38O9/c1-7-25-19(26-8-2,17(21-5)11-15-13-23-15)29-20(27-9-3,28-10-4)18(22-6)12-16-14-24-16/h15-18H,7-14H2,1-6H3. The van der Waals surface area contributed by atoms with Crippen molar-refractivity contribution in [1.29, 1.82) is 0 Å². The topological polar surface area (TPSA) is 89.7 Å². The Hall–Kier alpha value is -0.360. The lowest BCUT2D eigenvalue weighted by molar-refractivity contribution is -0.533. The SMILES string of the molecule is CCOC(OCC)(OC(OCC)(OCC)C(CC1CO1)OC)C(CC1CO1)OC. The third-order valence-electron chi connectivity index (χ3n) is 4.78. The van der Waals surface area contributed by atoms with Gasteiger partial charge >= 0.3 is 11.9 Å². The highest BCUT2D eigenvalue weighted by molar-refractivity contribution is 4.86. The second kappa shape index (κ2) is 11.9. The van der Waals surface area contributed by atoms with Gasteiger partial charge in [0.05, 0.1) is 25.4 Å². The second-order valence-electron chi connectivity index (χ2n) is 6.87. The monoisotopic (exact) mass is 422 g/mol. The van der Waals surface area contributed by atoms with Crippen LogP contribution in [0.2, 0.25) is 0 Å². The minimum absolute atomic E-state index is 0.0792. The summed E-state index contributed by atoms with van der Waals surface area (Å²) < 4.78 is 53.0. The van der Waals surface area contributed by atoms with Crippen LogP contribution in [0.1, 0.15) is 40.5 Å². The molecular weight excluding hydrogens is 384 g/mol. The zero-order valence-corrected chi connectivity index (χ0v) is 18.6. The van der Waals surface area contributed by atoms with E-state index in [1.165, 1.54) is 0 Å². The van der Waals surface area contributed by atoms with Crippen molar-refractivity contribution in [1.82, 2.24) is 0 Å². The maximum Gasteiger partial charge on any atom is 0.315 e. The molecule has 0 bridgehead atoms. The van der Waals surface area contributed by atoms with E-state index in [4.69, 9.17) is 42.6 Å². The third-order valence-corrected chi connectivity index (χ3v) is 4.78. The minimum atomic E-state index is -1.56. The maximum atomic E-state index is 6.50. The van der Waals surface area contributed by atoms with Crippen molar-refractivity contribution in [3.8, 4) is 0 Å². The summed E-state index contributed by atoms with van der Waals surface area (Å²) in [5, 5.41) is 0. The normalized spacial score (nSPS) is 23.8. The number of rotatable bonds is 18. The first-order valence-corrected chi connectivity index (χ1v) is 10.6. The molecule has 172 valence electrons. The predicted octanol–water partition coefficient (Wildman–Crippen LogP) is 2.06. The van der Waals surface area contributed by atoms with Gasteiger partial charge in [-0.1, -0.05) is 0 Å². The summed E-state index contributed by atoms with van der Waals surface area (Å²) in [6.07, 6.45) is 0.128. The lowest BCUT2D eigenvalue weighted by atomic mass is 10.1. The maximum absolute atomic E-state index is 6.50. The molecule has 0 aromatic carbocycles. The highest BCUT2D eigenvalue weighted by Crippen LogP contribution is 2.38. The molecule has 29 heavy (non-hydrogen) atoms. The fourth-order valence-electron chi connectivity index (χ4n) is 3.36. The van der Waals surface area contributed by atoms with E-state index in [0.717, 1.165) is 0 Å². The van der Waals surface area contributed by atoms with Crippen LogP contribution in [-0.2, 0) is 42.6 Å². The molecule has 2 rings (SSSR count). The van der Waals surface area contributed by atoms with Crippen LogP contribution in [0, 0.1) is 0 Å². The smallest absolute Gasteiger partial charge is 0.315 e. The van der Waals surface area contributed by atoms with Crippen molar-refractivity contribution >= 4 is 0 Å². The average molecular weight is 423 g/mol. The van der Waals surface area contributed by atoms with Gasteiger partial charge in [0.1, 0.15) is 12.2 Å². The molecule has 4 atom stereocenters. The van der Waals surface area contributed by atoms with Crippen molar-refractivity contribution in [2.75, 3.05) is 53.9 Å². The molecule has 0 aromatic rings. The van der Waals surface area contributed by atoms with Crippen molar-refractivity contribution in [2.45, 2.75) is 76.9 Å². The molecule has 9 nitrogen and oxygen atoms in total. The number of ether oxygens (including phenoxy) is 9. The summed E-state index contributed by atoms with van der Waals surface area (Å²) in [6.45, 7) is 10.2. The number of hydrogen-bond acceptors (Lipinski definition) is 9. The first kappa shape index (κ1) is 24.9. The first-order valence-electron chi connectivity index (χ1n) is 10.6.